The van der Waals surface area contributed by atoms with E-state index in [1.807, 2.05) is 0 Å². The number of nitrogens with one attached hydrogen (secondary N) is 1. The summed E-state index contributed by atoms with van der Waals surface area (Å²) in [6.07, 6.45) is 4.85. The molecule has 1 aliphatic carbocycles. The van der Waals surface area contributed by atoms with Crippen LogP contribution in [0.5, 0.6) is 0 Å². The van der Waals surface area contributed by atoms with Crippen LogP contribution >= 0.6 is 0 Å². The maximum absolute atomic E-state index is 13.5. The van der Waals surface area contributed by atoms with Gasteiger partial charge in [0.15, 0.2) is 0 Å². The maximum Gasteiger partial charge on any atom is 0.365 e. The number of aryl methyl sites for hydroxylation is 1. The smallest absolute Gasteiger partial charge is 0.365 e. The van der Waals surface area contributed by atoms with Crippen molar-refractivity contribution in [3.63, 3.8) is 0 Å². The van der Waals surface area contributed by atoms with Crippen molar-refractivity contribution in [3.8, 4) is 0 Å². The average molecular weight is 510 g/mol. The van der Waals surface area contributed by atoms with Crippen LogP contribution in [0.4, 0.5) is 0 Å². The summed E-state index contributed by atoms with van der Waals surface area (Å²) < 4.78 is 28.5. The zero-order valence-corrected chi connectivity index (χ0v) is 20.6. The minimum absolute atomic E-state index is 0.129. The first-order valence-corrected chi connectivity index (χ1v) is 13.5. The van der Waals surface area contributed by atoms with Crippen LogP contribution in [0.2, 0.25) is 0 Å². The van der Waals surface area contributed by atoms with E-state index in [0.717, 1.165) is 12.8 Å². The molecule has 1 unspecified atom stereocenters. The van der Waals surface area contributed by atoms with Crippen molar-refractivity contribution in [2.24, 2.45) is 0 Å². The second-order valence-corrected chi connectivity index (χ2v) is 11.3. The first-order valence-electron chi connectivity index (χ1n) is 12.0. The van der Waals surface area contributed by atoms with Crippen LogP contribution in [-0.4, -0.2) is 35.4 Å². The molecule has 1 amide bonds. The van der Waals surface area contributed by atoms with E-state index in [4.69, 9.17) is 0 Å². The number of sulfone groups is 1. The number of rotatable bonds is 6. The molecule has 1 aliphatic heterocycles. The van der Waals surface area contributed by atoms with Crippen LogP contribution in [0.1, 0.15) is 55.2 Å². The molecule has 0 radical (unpaired) electrons. The monoisotopic (exact) mass is 509 g/mol. The maximum atomic E-state index is 13.5. The number of carbonyl (C=O) groups excluding carboxylic acids is 1. The van der Waals surface area contributed by atoms with Crippen molar-refractivity contribution in [1.29, 1.82) is 0 Å². The Labute approximate surface area is 207 Å². The molecule has 2 aromatic carbocycles. The van der Waals surface area contributed by atoms with E-state index < -0.39 is 38.6 Å². The van der Waals surface area contributed by atoms with Crippen LogP contribution < -0.4 is 16.6 Å². The second-order valence-electron chi connectivity index (χ2n) is 9.41. The molecule has 1 aromatic heterocycles. The average Bonchev–Trinajstić information content (AvgIpc) is 3.38. The highest BCUT2D eigenvalue weighted by Gasteiger charge is 2.51. The van der Waals surface area contributed by atoms with Gasteiger partial charge in [-0.15, -0.1) is 0 Å². The molecule has 0 bridgehead atoms. The Balaban J connectivity index is 1.83. The largest absolute Gasteiger partial charge is 0.421 e. The minimum Gasteiger partial charge on any atom is -0.421 e. The van der Waals surface area contributed by atoms with E-state index in [9.17, 15) is 28.0 Å². The topological polar surface area (TPSA) is 127 Å². The number of carbonyl (C=O) groups is 1. The van der Waals surface area contributed by atoms with Gasteiger partial charge in [-0.3, -0.25) is 14.2 Å². The van der Waals surface area contributed by atoms with Crippen LogP contribution in [-0.2, 0) is 26.6 Å². The van der Waals surface area contributed by atoms with Crippen molar-refractivity contribution in [2.75, 3.05) is 0 Å². The van der Waals surface area contributed by atoms with E-state index in [1.165, 1.54) is 10.8 Å². The Morgan fingerprint density at radius 1 is 1.06 bits per heavy atom. The highest BCUT2D eigenvalue weighted by Crippen LogP contribution is 2.50. The van der Waals surface area contributed by atoms with Gasteiger partial charge in [0.25, 0.3) is 5.56 Å². The summed E-state index contributed by atoms with van der Waals surface area (Å²) in [6.45, 7) is 1.76. The standard InChI is InChI=1S/C26H27N3O6S/c1-2-17-15-28(25(32)29(33)24(17)31)26(13-7-8-14-26)23(27-16-30)22-18-9-3-5-11-20(18)36(34,35)21-12-6-4-10-19(21)22/h3-6,9-12,15-16,22-23,33H,2,7-8,13-14H2,1H3,(H,27,30). The molecular formula is C26H27N3O6S. The molecule has 9 nitrogen and oxygen atoms in total. The Kier molecular flexibility index (Phi) is 5.86. The zero-order valence-electron chi connectivity index (χ0n) is 19.8. The van der Waals surface area contributed by atoms with Crippen molar-refractivity contribution in [2.45, 2.75) is 66.3 Å². The van der Waals surface area contributed by atoms with E-state index >= 15 is 0 Å². The molecule has 1 saturated carbocycles. The molecule has 2 aliphatic rings. The lowest BCUT2D eigenvalue weighted by molar-refractivity contribution is -0.111. The Bertz CT molecular complexity index is 1510. The highest BCUT2D eigenvalue weighted by atomic mass is 32.2. The number of nitrogens with zero attached hydrogens (tertiary/aromatic N) is 2. The summed E-state index contributed by atoms with van der Waals surface area (Å²) in [5.74, 6) is -0.597. The number of aromatic nitrogens is 2. The molecular weight excluding hydrogens is 482 g/mol. The fourth-order valence-electron chi connectivity index (χ4n) is 6.09. The summed E-state index contributed by atoms with van der Waals surface area (Å²) in [5.41, 5.74) is -1.34. The lowest BCUT2D eigenvalue weighted by Crippen LogP contribution is -2.59. The zero-order chi connectivity index (χ0) is 25.7. The van der Waals surface area contributed by atoms with Gasteiger partial charge in [0, 0.05) is 17.7 Å². The predicted molar refractivity (Wildman–Crippen MR) is 131 cm³/mol. The third kappa shape index (κ3) is 3.35. The van der Waals surface area contributed by atoms with Gasteiger partial charge in [-0.05, 0) is 42.5 Å². The van der Waals surface area contributed by atoms with Gasteiger partial charge in [0.2, 0.25) is 16.2 Å². The van der Waals surface area contributed by atoms with Crippen LogP contribution in [0.25, 0.3) is 0 Å². The second kappa shape index (κ2) is 8.77. The molecule has 10 heteroatoms. The predicted octanol–water partition coefficient (Wildman–Crippen LogP) is 2.17. The molecule has 2 N–H and O–H groups in total. The van der Waals surface area contributed by atoms with Gasteiger partial charge >= 0.3 is 5.69 Å². The highest BCUT2D eigenvalue weighted by molar-refractivity contribution is 7.91. The van der Waals surface area contributed by atoms with Crippen molar-refractivity contribution in [3.05, 3.63) is 92.3 Å². The number of benzene rings is 2. The Morgan fingerprint density at radius 2 is 1.61 bits per heavy atom. The minimum atomic E-state index is -3.79. The summed E-state index contributed by atoms with van der Waals surface area (Å²) in [4.78, 5) is 38.1. The lowest BCUT2D eigenvalue weighted by atomic mass is 9.73. The quantitative estimate of drug-likeness (QED) is 0.387. The number of fused-ring (bicyclic) bond motifs is 2. The van der Waals surface area contributed by atoms with E-state index in [0.29, 0.717) is 36.8 Å². The van der Waals surface area contributed by atoms with Crippen LogP contribution in [0.3, 0.4) is 0 Å². The summed E-state index contributed by atoms with van der Waals surface area (Å²) in [6, 6.07) is 12.7. The number of hydrogen-bond acceptors (Lipinski definition) is 6. The molecule has 2 heterocycles. The SMILES string of the molecule is CCc1cn(C2(C(NC=O)C3c4ccccc4S(=O)(=O)c4ccccc43)CCCC2)c(=O)n(O)c1=O. The molecule has 5 rings (SSSR count). The molecule has 0 spiro atoms. The molecule has 1 atom stereocenters. The molecule has 1 fully saturated rings. The Hall–Kier alpha value is -3.66. The van der Waals surface area contributed by atoms with Crippen molar-refractivity contribution >= 4 is 16.2 Å². The normalized spacial score (nSPS) is 18.7. The van der Waals surface area contributed by atoms with E-state index in [1.54, 1.807) is 55.5 Å². The number of amides is 1. The number of hydrogen-bond donors (Lipinski definition) is 2. The van der Waals surface area contributed by atoms with Gasteiger partial charge in [0.05, 0.1) is 21.4 Å². The molecule has 0 saturated heterocycles. The third-order valence-electron chi connectivity index (χ3n) is 7.72. The first-order chi connectivity index (χ1) is 17.3. The Morgan fingerprint density at radius 3 is 2.14 bits per heavy atom. The summed E-state index contributed by atoms with van der Waals surface area (Å²) in [7, 11) is -3.79. The van der Waals surface area contributed by atoms with Crippen molar-refractivity contribution in [1.82, 2.24) is 14.6 Å². The van der Waals surface area contributed by atoms with Crippen LogP contribution in [0.15, 0.2) is 74.1 Å². The lowest BCUT2D eigenvalue weighted by Gasteiger charge is -2.45. The molecule has 3 aromatic rings. The van der Waals surface area contributed by atoms with Gasteiger partial charge in [-0.2, -0.15) is 0 Å². The van der Waals surface area contributed by atoms with Crippen molar-refractivity contribution < 1.29 is 18.4 Å². The van der Waals surface area contributed by atoms with Gasteiger partial charge in [-0.25, -0.2) is 13.2 Å². The third-order valence-corrected chi connectivity index (χ3v) is 9.62. The summed E-state index contributed by atoms with van der Waals surface area (Å²) in [5, 5.41) is 13.3. The molecule has 36 heavy (non-hydrogen) atoms. The van der Waals surface area contributed by atoms with Gasteiger partial charge < -0.3 is 10.5 Å². The molecule has 188 valence electrons. The van der Waals surface area contributed by atoms with E-state index in [2.05, 4.69) is 5.32 Å². The van der Waals surface area contributed by atoms with Gasteiger partial charge in [0.1, 0.15) is 0 Å². The fourth-order valence-corrected chi connectivity index (χ4v) is 7.85. The van der Waals surface area contributed by atoms with Gasteiger partial charge in [-0.1, -0.05) is 60.9 Å². The summed E-state index contributed by atoms with van der Waals surface area (Å²) >= 11 is 0. The fraction of sp³-hybridized carbons (Fsp3) is 0.346. The first kappa shape index (κ1) is 24.1. The van der Waals surface area contributed by atoms with Crippen LogP contribution in [0, 0.1) is 0 Å². The van der Waals surface area contributed by atoms with E-state index in [-0.39, 0.29) is 20.1 Å².